The average molecular weight is 426 g/mol. The van der Waals surface area contributed by atoms with Crippen molar-refractivity contribution < 1.29 is 33.6 Å². The quantitative estimate of drug-likeness (QED) is 0.188. The molecule has 0 saturated carbocycles. The molecule has 30 heavy (non-hydrogen) atoms. The van der Waals surface area contributed by atoms with Gasteiger partial charge in [0.1, 0.15) is 11.7 Å². The number of benzene rings is 1. The minimum atomic E-state index is -1.39. The maximum absolute atomic E-state index is 13.6. The number of carbonyl (C=O) groups excluding carboxylic acids is 1. The van der Waals surface area contributed by atoms with Gasteiger partial charge in [-0.2, -0.15) is 0 Å². The zero-order valence-corrected chi connectivity index (χ0v) is 15.5. The van der Waals surface area contributed by atoms with E-state index in [-0.39, 0.29) is 23.8 Å². The molecule has 0 bridgehead atoms. The van der Waals surface area contributed by atoms with Gasteiger partial charge in [-0.15, -0.1) is 0 Å². The van der Waals surface area contributed by atoms with Gasteiger partial charge in [-0.3, -0.25) is 20.5 Å². The lowest BCUT2D eigenvalue weighted by Gasteiger charge is -2.14. The van der Waals surface area contributed by atoms with Gasteiger partial charge in [0.15, 0.2) is 23.2 Å². The highest BCUT2D eigenvalue weighted by molar-refractivity contribution is 5.98. The van der Waals surface area contributed by atoms with Gasteiger partial charge in [-0.1, -0.05) is 5.16 Å². The van der Waals surface area contributed by atoms with Crippen LogP contribution in [0.5, 0.6) is 0 Å². The Kier molecular flexibility index (Phi) is 6.66. The molecule has 1 amide bonds. The van der Waals surface area contributed by atoms with E-state index >= 15 is 0 Å². The number of aliphatic hydroxyl groups is 2. The van der Waals surface area contributed by atoms with Crippen molar-refractivity contribution >= 4 is 11.7 Å². The first-order valence-corrected chi connectivity index (χ1v) is 8.96. The van der Waals surface area contributed by atoms with Crippen molar-refractivity contribution in [3.8, 4) is 0 Å². The maximum atomic E-state index is 13.6. The molecule has 1 heterocycles. The Balaban J connectivity index is 1.84. The molecule has 7 N–H and O–H groups in total. The van der Waals surface area contributed by atoms with E-state index in [9.17, 15) is 23.9 Å². The number of carbonyl (C=O) groups is 1. The first-order chi connectivity index (χ1) is 14.3. The topological polar surface area (TPSA) is 179 Å². The zero-order valence-electron chi connectivity index (χ0n) is 15.5. The fourth-order valence-corrected chi connectivity index (χ4v) is 3.09. The highest BCUT2D eigenvalue weighted by atomic mass is 19.2. The number of aliphatic imine (C=N–C) groups is 1. The monoisotopic (exact) mass is 426 g/mol. The van der Waals surface area contributed by atoms with Crippen molar-refractivity contribution in [2.75, 3.05) is 13.2 Å². The van der Waals surface area contributed by atoms with Crippen LogP contribution in [0.25, 0.3) is 0 Å². The van der Waals surface area contributed by atoms with Crippen LogP contribution in [0.3, 0.4) is 0 Å². The number of nitrogens with one attached hydrogen (secondary N) is 2. The number of nitrogens with zero attached hydrogens (tertiary/aromatic N) is 3. The molecule has 3 rings (SSSR count). The first-order valence-electron chi connectivity index (χ1n) is 8.96. The first kappa shape index (κ1) is 21.7. The van der Waals surface area contributed by atoms with Crippen LogP contribution in [0.4, 0.5) is 8.78 Å². The number of amides is 1. The Morgan fingerprint density at radius 2 is 2.10 bits per heavy atom. The van der Waals surface area contributed by atoms with Gasteiger partial charge in [-0.25, -0.2) is 13.4 Å². The number of aromatic nitrogens is 2. The van der Waals surface area contributed by atoms with Crippen LogP contribution >= 0.6 is 0 Å². The van der Waals surface area contributed by atoms with Gasteiger partial charge in [0, 0.05) is 6.54 Å². The Bertz CT molecular complexity index is 953. The lowest BCUT2D eigenvalue weighted by atomic mass is 10.1. The van der Waals surface area contributed by atoms with Crippen LogP contribution in [0.2, 0.25) is 0 Å². The third kappa shape index (κ3) is 4.43. The summed E-state index contributed by atoms with van der Waals surface area (Å²) in [6.07, 6.45) is -0.284. The SMILES string of the molecule is NC(C(=O)NC[C@@H](O)CO)c1nonc1C(=NC1CCc2cc(F)c(F)cc21)NO. The van der Waals surface area contributed by atoms with Gasteiger partial charge in [0.25, 0.3) is 0 Å². The van der Waals surface area contributed by atoms with Crippen LogP contribution in [0.1, 0.15) is 41.0 Å². The maximum Gasteiger partial charge on any atom is 0.243 e. The second-order valence-electron chi connectivity index (χ2n) is 6.67. The van der Waals surface area contributed by atoms with Crippen molar-refractivity contribution in [3.05, 3.63) is 46.3 Å². The molecule has 0 radical (unpaired) electrons. The van der Waals surface area contributed by atoms with Gasteiger partial charge in [0.05, 0.1) is 18.8 Å². The van der Waals surface area contributed by atoms with Crippen LogP contribution in [0, 0.1) is 11.6 Å². The average Bonchev–Trinajstić information content (AvgIpc) is 3.37. The van der Waals surface area contributed by atoms with E-state index in [2.05, 4.69) is 25.3 Å². The lowest BCUT2D eigenvalue weighted by molar-refractivity contribution is -0.123. The Labute approximate surface area is 168 Å². The molecule has 3 atom stereocenters. The molecular formula is C17H20F2N6O5. The molecule has 2 aromatic rings. The van der Waals surface area contributed by atoms with Crippen molar-refractivity contribution in [1.29, 1.82) is 0 Å². The number of aryl methyl sites for hydroxylation is 1. The predicted molar refractivity (Wildman–Crippen MR) is 96.2 cm³/mol. The number of fused-ring (bicyclic) bond motifs is 1. The molecule has 0 fully saturated rings. The van der Waals surface area contributed by atoms with Crippen molar-refractivity contribution in [3.63, 3.8) is 0 Å². The van der Waals surface area contributed by atoms with E-state index in [4.69, 9.17) is 10.8 Å². The summed E-state index contributed by atoms with van der Waals surface area (Å²) in [6, 6.07) is 0.155. The van der Waals surface area contributed by atoms with Crippen LogP contribution in [-0.2, 0) is 11.2 Å². The molecule has 1 aliphatic rings. The van der Waals surface area contributed by atoms with E-state index in [1.807, 2.05) is 5.48 Å². The molecule has 1 aromatic carbocycles. The molecule has 0 aliphatic heterocycles. The summed E-state index contributed by atoms with van der Waals surface area (Å²) in [6.45, 7) is -0.797. The van der Waals surface area contributed by atoms with E-state index in [0.29, 0.717) is 24.0 Å². The van der Waals surface area contributed by atoms with Crippen LogP contribution < -0.4 is 16.5 Å². The summed E-state index contributed by atoms with van der Waals surface area (Å²) in [5, 5.41) is 37.1. The molecular weight excluding hydrogens is 406 g/mol. The number of hydrogen-bond acceptors (Lipinski definition) is 9. The van der Waals surface area contributed by atoms with Crippen molar-refractivity contribution in [2.45, 2.75) is 31.0 Å². The Hall–Kier alpha value is -3.00. The number of hydroxylamine groups is 1. The lowest BCUT2D eigenvalue weighted by Crippen LogP contribution is -2.40. The number of hydrogen-bond donors (Lipinski definition) is 6. The number of aliphatic hydroxyl groups excluding tert-OH is 2. The summed E-state index contributed by atoms with van der Waals surface area (Å²) in [5.74, 6) is -2.94. The largest absolute Gasteiger partial charge is 0.394 e. The van der Waals surface area contributed by atoms with Crippen LogP contribution in [-0.4, -0.2) is 56.7 Å². The molecule has 13 heteroatoms. The standard InChI is InChI=1S/C17H20F2N6O5/c18-10-3-7-1-2-12(9(7)4-11(10)19)22-16(23-29)15-14(24-30-25-15)13(20)17(28)21-5-8(27)6-26/h3-4,8,12-13,26-27,29H,1-2,5-6,20H2,(H,21,28)(H,22,23)/t8-,12?,13?/m1/s1. The van der Waals surface area contributed by atoms with Crippen LogP contribution in [0.15, 0.2) is 21.8 Å². The van der Waals surface area contributed by atoms with Gasteiger partial charge in [0.2, 0.25) is 5.91 Å². The number of halogens is 2. The van der Waals surface area contributed by atoms with E-state index in [0.717, 1.165) is 12.1 Å². The highest BCUT2D eigenvalue weighted by Crippen LogP contribution is 2.35. The molecule has 1 aromatic heterocycles. The molecule has 0 spiro atoms. The van der Waals surface area contributed by atoms with E-state index in [1.165, 1.54) is 0 Å². The molecule has 2 unspecified atom stereocenters. The van der Waals surface area contributed by atoms with E-state index < -0.39 is 42.3 Å². The fourth-order valence-electron chi connectivity index (χ4n) is 3.09. The normalized spacial score (nSPS) is 18.1. The minimum Gasteiger partial charge on any atom is -0.394 e. The molecule has 162 valence electrons. The second kappa shape index (κ2) is 9.21. The van der Waals surface area contributed by atoms with Crippen molar-refractivity contribution in [1.82, 2.24) is 21.1 Å². The van der Waals surface area contributed by atoms with Gasteiger partial charge in [-0.05, 0) is 41.3 Å². The molecule has 0 saturated heterocycles. The molecule has 1 aliphatic carbocycles. The summed E-state index contributed by atoms with van der Waals surface area (Å²) in [4.78, 5) is 16.4. The summed E-state index contributed by atoms with van der Waals surface area (Å²) < 4.78 is 31.7. The van der Waals surface area contributed by atoms with E-state index in [1.54, 1.807) is 0 Å². The Morgan fingerprint density at radius 3 is 2.80 bits per heavy atom. The minimum absolute atomic E-state index is 0.154. The van der Waals surface area contributed by atoms with Gasteiger partial charge >= 0.3 is 0 Å². The Morgan fingerprint density at radius 1 is 1.37 bits per heavy atom. The fraction of sp³-hybridized carbons (Fsp3) is 0.412. The van der Waals surface area contributed by atoms with Crippen molar-refractivity contribution in [2.24, 2.45) is 10.7 Å². The third-order valence-electron chi connectivity index (χ3n) is 4.66. The van der Waals surface area contributed by atoms with Gasteiger partial charge < -0.3 is 21.3 Å². The third-order valence-corrected chi connectivity index (χ3v) is 4.66. The summed E-state index contributed by atoms with van der Waals surface area (Å²) in [5.41, 5.74) is 8.43. The molecule has 11 nitrogen and oxygen atoms in total. The number of nitrogens with two attached hydrogens (primary N) is 1. The second-order valence-corrected chi connectivity index (χ2v) is 6.67. The predicted octanol–water partition coefficient (Wildman–Crippen LogP) is -0.770. The summed E-state index contributed by atoms with van der Waals surface area (Å²) in [7, 11) is 0. The number of rotatable bonds is 7. The smallest absolute Gasteiger partial charge is 0.243 e. The highest BCUT2D eigenvalue weighted by Gasteiger charge is 2.30. The number of amidine groups is 1. The zero-order chi connectivity index (χ0) is 21.8. The summed E-state index contributed by atoms with van der Waals surface area (Å²) >= 11 is 0.